The van der Waals surface area contributed by atoms with E-state index in [2.05, 4.69) is 217 Å². The number of anilines is 3. The molecule has 0 unspecified atom stereocenters. The van der Waals surface area contributed by atoms with Crippen molar-refractivity contribution in [1.82, 2.24) is 0 Å². The standard InChI is InChI=1S/C56H37NO/c1-3-13-38(14-4-1)43-28-33-54(52(36-43)39-15-5-2-6-16-39)57(46-19-11-18-42(35-46)44-29-34-56-53(37-44)51-21-9-10-24-55(51)58-56)45-30-25-41(26-31-45)48-22-12-23-49-47-20-8-7-17-40(47)27-32-50(48)49/h1-37H. The highest BCUT2D eigenvalue weighted by Gasteiger charge is 2.20. The quantitative estimate of drug-likeness (QED) is 0.151. The Bertz CT molecular complexity index is 3270. The monoisotopic (exact) mass is 739 g/mol. The summed E-state index contributed by atoms with van der Waals surface area (Å²) in [6, 6.07) is 80.8. The maximum atomic E-state index is 6.19. The summed E-state index contributed by atoms with van der Waals surface area (Å²) in [6.07, 6.45) is 0. The van der Waals surface area contributed by atoms with Crippen LogP contribution in [0, 0.1) is 0 Å². The van der Waals surface area contributed by atoms with Gasteiger partial charge in [0, 0.05) is 27.7 Å². The molecule has 10 aromatic carbocycles. The molecule has 2 heteroatoms. The van der Waals surface area contributed by atoms with Crippen LogP contribution in [0.5, 0.6) is 0 Å². The zero-order valence-electron chi connectivity index (χ0n) is 31.7. The minimum absolute atomic E-state index is 0.896. The minimum Gasteiger partial charge on any atom is -0.456 e. The molecule has 0 aliphatic carbocycles. The molecule has 11 aromatic rings. The maximum absolute atomic E-state index is 6.19. The molecule has 0 amide bonds. The van der Waals surface area contributed by atoms with Gasteiger partial charge in [0.05, 0.1) is 5.69 Å². The Morgan fingerprint density at radius 2 is 0.879 bits per heavy atom. The van der Waals surface area contributed by atoms with E-state index in [1.807, 2.05) is 12.1 Å². The molecule has 0 atom stereocenters. The number of para-hydroxylation sites is 1. The number of fused-ring (bicyclic) bond motifs is 6. The molecule has 0 spiro atoms. The van der Waals surface area contributed by atoms with E-state index in [4.69, 9.17) is 4.42 Å². The molecule has 11 rings (SSSR count). The molecule has 272 valence electrons. The third-order valence-electron chi connectivity index (χ3n) is 11.5. The van der Waals surface area contributed by atoms with Gasteiger partial charge in [-0.2, -0.15) is 0 Å². The van der Waals surface area contributed by atoms with Gasteiger partial charge in [-0.05, 0) is 115 Å². The predicted octanol–water partition coefficient (Wildman–Crippen LogP) is 16.0. The van der Waals surface area contributed by atoms with E-state index in [1.54, 1.807) is 0 Å². The van der Waals surface area contributed by atoms with Gasteiger partial charge in [0.25, 0.3) is 0 Å². The molecule has 0 radical (unpaired) electrons. The molecule has 0 N–H and O–H groups in total. The number of hydrogen-bond acceptors (Lipinski definition) is 2. The second-order valence-electron chi connectivity index (χ2n) is 14.9. The Labute approximate surface area is 337 Å². The van der Waals surface area contributed by atoms with Crippen LogP contribution in [0.1, 0.15) is 0 Å². The lowest BCUT2D eigenvalue weighted by molar-refractivity contribution is 0.669. The van der Waals surface area contributed by atoms with Gasteiger partial charge >= 0.3 is 0 Å². The van der Waals surface area contributed by atoms with Crippen LogP contribution in [0.4, 0.5) is 17.1 Å². The second kappa shape index (κ2) is 14.1. The fraction of sp³-hybridized carbons (Fsp3) is 0. The number of benzene rings is 10. The van der Waals surface area contributed by atoms with Crippen LogP contribution >= 0.6 is 0 Å². The molecule has 0 aliphatic rings. The summed E-state index contributed by atoms with van der Waals surface area (Å²) in [5.41, 5.74) is 14.4. The van der Waals surface area contributed by atoms with Gasteiger partial charge in [0.15, 0.2) is 0 Å². The number of rotatable bonds is 7. The lowest BCUT2D eigenvalue weighted by Gasteiger charge is -2.29. The topological polar surface area (TPSA) is 16.4 Å². The summed E-state index contributed by atoms with van der Waals surface area (Å²) in [5, 5.41) is 7.30. The first-order chi connectivity index (χ1) is 28.7. The average molecular weight is 740 g/mol. The van der Waals surface area contributed by atoms with Gasteiger partial charge in [-0.1, -0.05) is 170 Å². The van der Waals surface area contributed by atoms with Gasteiger partial charge in [0.2, 0.25) is 0 Å². The van der Waals surface area contributed by atoms with E-state index < -0.39 is 0 Å². The Morgan fingerprint density at radius 3 is 1.72 bits per heavy atom. The first kappa shape index (κ1) is 33.6. The van der Waals surface area contributed by atoms with E-state index in [9.17, 15) is 0 Å². The van der Waals surface area contributed by atoms with Crippen LogP contribution in [-0.4, -0.2) is 0 Å². The van der Waals surface area contributed by atoms with Crippen molar-refractivity contribution in [2.75, 3.05) is 4.90 Å². The van der Waals surface area contributed by atoms with Crippen LogP contribution in [0.3, 0.4) is 0 Å². The van der Waals surface area contributed by atoms with E-state index in [0.29, 0.717) is 0 Å². The van der Waals surface area contributed by atoms with E-state index in [-0.39, 0.29) is 0 Å². The first-order valence-corrected chi connectivity index (χ1v) is 19.8. The van der Waals surface area contributed by atoms with E-state index >= 15 is 0 Å². The highest BCUT2D eigenvalue weighted by atomic mass is 16.3. The van der Waals surface area contributed by atoms with Crippen molar-refractivity contribution in [1.29, 1.82) is 0 Å². The normalized spacial score (nSPS) is 11.4. The van der Waals surface area contributed by atoms with Crippen LogP contribution in [-0.2, 0) is 0 Å². The van der Waals surface area contributed by atoms with Crippen molar-refractivity contribution in [2.24, 2.45) is 0 Å². The molecule has 1 aromatic heterocycles. The summed E-state index contributed by atoms with van der Waals surface area (Å²) in [6.45, 7) is 0. The minimum atomic E-state index is 0.896. The summed E-state index contributed by atoms with van der Waals surface area (Å²) in [4.78, 5) is 2.41. The summed E-state index contributed by atoms with van der Waals surface area (Å²) in [5.74, 6) is 0. The predicted molar refractivity (Wildman–Crippen MR) is 245 cm³/mol. The molecule has 58 heavy (non-hydrogen) atoms. The lowest BCUT2D eigenvalue weighted by Crippen LogP contribution is -2.11. The van der Waals surface area contributed by atoms with Gasteiger partial charge in [0.1, 0.15) is 11.2 Å². The average Bonchev–Trinajstić information content (AvgIpc) is 3.68. The first-order valence-electron chi connectivity index (χ1n) is 19.8. The fourth-order valence-electron chi connectivity index (χ4n) is 8.63. The van der Waals surface area contributed by atoms with Crippen molar-refractivity contribution in [3.05, 3.63) is 224 Å². The van der Waals surface area contributed by atoms with Gasteiger partial charge in [-0.3, -0.25) is 0 Å². The van der Waals surface area contributed by atoms with Crippen LogP contribution in [0.15, 0.2) is 229 Å². The number of hydrogen-bond donors (Lipinski definition) is 0. The highest BCUT2D eigenvalue weighted by molar-refractivity contribution is 6.12. The van der Waals surface area contributed by atoms with Crippen LogP contribution < -0.4 is 4.90 Å². The molecule has 0 aliphatic heterocycles. The number of furan rings is 1. The Hall–Kier alpha value is -7.68. The smallest absolute Gasteiger partial charge is 0.135 e. The maximum Gasteiger partial charge on any atom is 0.135 e. The molecule has 0 fully saturated rings. The highest BCUT2D eigenvalue weighted by Crippen LogP contribution is 2.45. The van der Waals surface area contributed by atoms with Crippen molar-refractivity contribution in [2.45, 2.75) is 0 Å². The summed E-state index contributed by atoms with van der Waals surface area (Å²) >= 11 is 0. The molecule has 0 bridgehead atoms. The molecular weight excluding hydrogens is 703 g/mol. The van der Waals surface area contributed by atoms with Crippen LogP contribution in [0.25, 0.3) is 88.0 Å². The Balaban J connectivity index is 1.08. The largest absolute Gasteiger partial charge is 0.456 e. The van der Waals surface area contributed by atoms with Crippen LogP contribution in [0.2, 0.25) is 0 Å². The van der Waals surface area contributed by atoms with Gasteiger partial charge < -0.3 is 9.32 Å². The van der Waals surface area contributed by atoms with E-state index in [0.717, 1.165) is 61.3 Å². The Kier molecular flexibility index (Phi) is 8.19. The zero-order valence-corrected chi connectivity index (χ0v) is 31.7. The molecule has 1 heterocycles. The lowest BCUT2D eigenvalue weighted by atomic mass is 9.94. The van der Waals surface area contributed by atoms with E-state index in [1.165, 1.54) is 43.8 Å². The Morgan fingerprint density at radius 1 is 0.276 bits per heavy atom. The molecule has 0 saturated heterocycles. The summed E-state index contributed by atoms with van der Waals surface area (Å²) in [7, 11) is 0. The second-order valence-corrected chi connectivity index (χ2v) is 14.9. The van der Waals surface area contributed by atoms with Crippen molar-refractivity contribution in [3.63, 3.8) is 0 Å². The third kappa shape index (κ3) is 5.91. The molecule has 0 saturated carbocycles. The molecule has 2 nitrogen and oxygen atoms in total. The molecular formula is C56H37NO. The third-order valence-corrected chi connectivity index (χ3v) is 11.5. The summed E-state index contributed by atoms with van der Waals surface area (Å²) < 4.78 is 6.19. The zero-order chi connectivity index (χ0) is 38.4. The van der Waals surface area contributed by atoms with Crippen molar-refractivity contribution < 1.29 is 4.42 Å². The SMILES string of the molecule is c1ccc(-c2ccc(N(c3ccc(-c4cccc5c4ccc4ccccc45)cc3)c3cccc(-c4ccc5oc6ccccc6c5c4)c3)c(-c3ccccc3)c2)cc1. The van der Waals surface area contributed by atoms with Crippen molar-refractivity contribution in [3.8, 4) is 44.5 Å². The van der Waals surface area contributed by atoms with Gasteiger partial charge in [-0.25, -0.2) is 0 Å². The van der Waals surface area contributed by atoms with Gasteiger partial charge in [-0.15, -0.1) is 0 Å². The van der Waals surface area contributed by atoms with Crippen molar-refractivity contribution >= 4 is 60.5 Å². The number of nitrogens with zero attached hydrogens (tertiary/aromatic N) is 1. The fourth-order valence-corrected chi connectivity index (χ4v) is 8.63.